The largest absolute Gasteiger partial charge is 0.315 e. The van der Waals surface area contributed by atoms with Gasteiger partial charge in [0.25, 0.3) is 0 Å². The molecule has 16 heavy (non-hydrogen) atoms. The molecule has 0 heterocycles. The second-order valence-electron chi connectivity index (χ2n) is 4.36. The summed E-state index contributed by atoms with van der Waals surface area (Å²) in [5, 5.41) is 6.79. The number of halogens is 1. The van der Waals surface area contributed by atoms with Crippen molar-refractivity contribution < 1.29 is 4.39 Å². The summed E-state index contributed by atoms with van der Waals surface area (Å²) in [5.41, 5.74) is 1.06. The Labute approximate surface area is 96.2 Å². The van der Waals surface area contributed by atoms with Crippen molar-refractivity contribution in [1.82, 2.24) is 10.6 Å². The maximum atomic E-state index is 12.9. The van der Waals surface area contributed by atoms with Crippen LogP contribution >= 0.6 is 0 Å². The fourth-order valence-corrected chi connectivity index (χ4v) is 1.70. The number of nitrogens with one attached hydrogen (secondary N) is 2. The van der Waals surface area contributed by atoms with Gasteiger partial charge in [-0.3, -0.25) is 0 Å². The molecule has 1 aliphatic carbocycles. The summed E-state index contributed by atoms with van der Waals surface area (Å²) in [6.45, 7) is 2.94. The van der Waals surface area contributed by atoms with Crippen molar-refractivity contribution >= 4 is 0 Å². The van der Waals surface area contributed by atoms with Crippen LogP contribution in [0.2, 0.25) is 0 Å². The van der Waals surface area contributed by atoms with Gasteiger partial charge >= 0.3 is 0 Å². The van der Waals surface area contributed by atoms with Crippen molar-refractivity contribution in [3.05, 3.63) is 35.6 Å². The Kier molecular flexibility index (Phi) is 4.31. The SMILES string of the molecule is Fc1cccc(CCNCCNC2CC2)c1. The number of hydrogen-bond donors (Lipinski definition) is 2. The third-order valence-electron chi connectivity index (χ3n) is 2.79. The van der Waals surface area contributed by atoms with Crippen LogP contribution in [0, 0.1) is 5.82 Å². The molecule has 0 aromatic heterocycles. The van der Waals surface area contributed by atoms with E-state index in [4.69, 9.17) is 0 Å². The summed E-state index contributed by atoms with van der Waals surface area (Å²) in [6, 6.07) is 7.60. The predicted octanol–water partition coefficient (Wildman–Crippen LogP) is 1.71. The maximum absolute atomic E-state index is 12.9. The minimum Gasteiger partial charge on any atom is -0.315 e. The summed E-state index contributed by atoms with van der Waals surface area (Å²) < 4.78 is 12.9. The lowest BCUT2D eigenvalue weighted by atomic mass is 10.1. The van der Waals surface area contributed by atoms with Crippen LogP contribution in [-0.2, 0) is 6.42 Å². The molecule has 0 aliphatic heterocycles. The van der Waals surface area contributed by atoms with E-state index in [2.05, 4.69) is 10.6 Å². The van der Waals surface area contributed by atoms with E-state index < -0.39 is 0 Å². The van der Waals surface area contributed by atoms with Crippen LogP contribution in [0.25, 0.3) is 0 Å². The summed E-state index contributed by atoms with van der Waals surface area (Å²) >= 11 is 0. The molecule has 3 heteroatoms. The lowest BCUT2D eigenvalue weighted by Crippen LogP contribution is -2.29. The molecule has 0 saturated heterocycles. The molecule has 2 nitrogen and oxygen atoms in total. The van der Waals surface area contributed by atoms with E-state index in [1.807, 2.05) is 6.07 Å². The van der Waals surface area contributed by atoms with Gasteiger partial charge in [-0.05, 0) is 43.5 Å². The van der Waals surface area contributed by atoms with Crippen molar-refractivity contribution in [1.29, 1.82) is 0 Å². The van der Waals surface area contributed by atoms with Gasteiger partial charge < -0.3 is 10.6 Å². The molecular formula is C13H19FN2. The summed E-state index contributed by atoms with van der Waals surface area (Å²) in [6.07, 6.45) is 3.56. The lowest BCUT2D eigenvalue weighted by molar-refractivity contribution is 0.604. The van der Waals surface area contributed by atoms with Gasteiger partial charge in [-0.2, -0.15) is 0 Å². The van der Waals surface area contributed by atoms with Crippen LogP contribution in [0.4, 0.5) is 4.39 Å². The molecule has 0 atom stereocenters. The van der Waals surface area contributed by atoms with Crippen LogP contribution in [0.1, 0.15) is 18.4 Å². The highest BCUT2D eigenvalue weighted by Crippen LogP contribution is 2.17. The highest BCUT2D eigenvalue weighted by molar-refractivity contribution is 5.16. The second kappa shape index (κ2) is 5.97. The molecule has 0 bridgehead atoms. The van der Waals surface area contributed by atoms with E-state index in [0.717, 1.165) is 37.7 Å². The van der Waals surface area contributed by atoms with E-state index in [0.29, 0.717) is 0 Å². The van der Waals surface area contributed by atoms with E-state index in [1.54, 1.807) is 12.1 Å². The van der Waals surface area contributed by atoms with E-state index >= 15 is 0 Å². The third-order valence-corrected chi connectivity index (χ3v) is 2.79. The van der Waals surface area contributed by atoms with Crippen molar-refractivity contribution in [2.24, 2.45) is 0 Å². The lowest BCUT2D eigenvalue weighted by Gasteiger charge is -2.05. The zero-order valence-corrected chi connectivity index (χ0v) is 9.51. The van der Waals surface area contributed by atoms with Crippen molar-refractivity contribution in [3.63, 3.8) is 0 Å². The maximum Gasteiger partial charge on any atom is 0.123 e. The quantitative estimate of drug-likeness (QED) is 0.686. The van der Waals surface area contributed by atoms with Crippen LogP contribution in [0.15, 0.2) is 24.3 Å². The van der Waals surface area contributed by atoms with Gasteiger partial charge in [-0.25, -0.2) is 4.39 Å². The molecule has 0 amide bonds. The van der Waals surface area contributed by atoms with Crippen LogP contribution in [0.5, 0.6) is 0 Å². The van der Waals surface area contributed by atoms with E-state index in [9.17, 15) is 4.39 Å². The summed E-state index contributed by atoms with van der Waals surface area (Å²) in [5.74, 6) is -0.145. The number of rotatable bonds is 7. The fraction of sp³-hybridized carbons (Fsp3) is 0.538. The highest BCUT2D eigenvalue weighted by atomic mass is 19.1. The molecule has 1 saturated carbocycles. The topological polar surface area (TPSA) is 24.1 Å². The van der Waals surface area contributed by atoms with Crippen molar-refractivity contribution in [3.8, 4) is 0 Å². The first-order valence-electron chi connectivity index (χ1n) is 6.03. The van der Waals surface area contributed by atoms with Gasteiger partial charge in [0.2, 0.25) is 0 Å². The first-order valence-corrected chi connectivity index (χ1v) is 6.03. The Balaban J connectivity index is 1.53. The van der Waals surface area contributed by atoms with Gasteiger partial charge in [-0.1, -0.05) is 12.1 Å². The summed E-state index contributed by atoms with van der Waals surface area (Å²) in [4.78, 5) is 0. The van der Waals surface area contributed by atoms with Gasteiger partial charge in [0, 0.05) is 19.1 Å². The Bertz CT molecular complexity index is 323. The van der Waals surface area contributed by atoms with Gasteiger partial charge in [0.05, 0.1) is 0 Å². The minimum atomic E-state index is -0.145. The van der Waals surface area contributed by atoms with E-state index in [-0.39, 0.29) is 5.82 Å². The molecule has 1 fully saturated rings. The zero-order chi connectivity index (χ0) is 11.2. The first kappa shape index (κ1) is 11.6. The molecule has 88 valence electrons. The Morgan fingerprint density at radius 3 is 2.81 bits per heavy atom. The molecule has 0 radical (unpaired) electrons. The minimum absolute atomic E-state index is 0.145. The Hall–Kier alpha value is -0.930. The average Bonchev–Trinajstić information content (AvgIpc) is 3.07. The third kappa shape index (κ3) is 4.29. The number of hydrogen-bond acceptors (Lipinski definition) is 2. The first-order chi connectivity index (χ1) is 7.84. The molecule has 2 N–H and O–H groups in total. The molecule has 0 unspecified atom stereocenters. The normalized spacial score (nSPS) is 15.3. The zero-order valence-electron chi connectivity index (χ0n) is 9.51. The molecule has 0 spiro atoms. The van der Waals surface area contributed by atoms with Gasteiger partial charge in [0.15, 0.2) is 0 Å². The predicted molar refractivity (Wildman–Crippen MR) is 64.0 cm³/mol. The average molecular weight is 222 g/mol. The van der Waals surface area contributed by atoms with Gasteiger partial charge in [-0.15, -0.1) is 0 Å². The standard InChI is InChI=1S/C13H19FN2/c14-12-3-1-2-11(10-12)6-7-15-8-9-16-13-4-5-13/h1-3,10,13,15-16H,4-9H2. The molecule has 2 rings (SSSR count). The Morgan fingerprint density at radius 2 is 2.06 bits per heavy atom. The monoisotopic (exact) mass is 222 g/mol. The van der Waals surface area contributed by atoms with Crippen LogP contribution in [0.3, 0.4) is 0 Å². The molecule has 1 aliphatic rings. The smallest absolute Gasteiger partial charge is 0.123 e. The fourth-order valence-electron chi connectivity index (χ4n) is 1.70. The van der Waals surface area contributed by atoms with Crippen molar-refractivity contribution in [2.75, 3.05) is 19.6 Å². The molecule has 1 aromatic carbocycles. The Morgan fingerprint density at radius 1 is 1.19 bits per heavy atom. The highest BCUT2D eigenvalue weighted by Gasteiger charge is 2.19. The molecule has 1 aromatic rings. The second-order valence-corrected chi connectivity index (χ2v) is 4.36. The van der Waals surface area contributed by atoms with Gasteiger partial charge in [0.1, 0.15) is 5.82 Å². The molecular weight excluding hydrogens is 203 g/mol. The number of benzene rings is 1. The van der Waals surface area contributed by atoms with Crippen LogP contribution in [-0.4, -0.2) is 25.7 Å². The van der Waals surface area contributed by atoms with Crippen LogP contribution < -0.4 is 10.6 Å². The van der Waals surface area contributed by atoms with E-state index in [1.165, 1.54) is 18.9 Å². The summed E-state index contributed by atoms with van der Waals surface area (Å²) in [7, 11) is 0. The van der Waals surface area contributed by atoms with Crippen molar-refractivity contribution in [2.45, 2.75) is 25.3 Å².